The van der Waals surface area contributed by atoms with Crippen molar-refractivity contribution in [2.45, 2.75) is 64.7 Å². The van der Waals surface area contributed by atoms with Crippen molar-refractivity contribution >= 4 is 12.4 Å². The summed E-state index contributed by atoms with van der Waals surface area (Å²) in [5.41, 5.74) is 0. The van der Waals surface area contributed by atoms with Gasteiger partial charge in [0.25, 0.3) is 0 Å². The SMILES string of the molecule is CCCCCCCCCCC[NH+](C)C.Cl. The zero-order valence-corrected chi connectivity index (χ0v) is 11.8. The molecule has 0 unspecified atom stereocenters. The van der Waals surface area contributed by atoms with Crippen LogP contribution in [0.3, 0.4) is 0 Å². The molecule has 2 heteroatoms. The van der Waals surface area contributed by atoms with E-state index >= 15 is 0 Å². The highest BCUT2D eigenvalue weighted by Crippen LogP contribution is 2.08. The minimum absolute atomic E-state index is 0. The summed E-state index contributed by atoms with van der Waals surface area (Å²) < 4.78 is 0. The van der Waals surface area contributed by atoms with Crippen LogP contribution in [0.5, 0.6) is 0 Å². The third-order valence-corrected chi connectivity index (χ3v) is 2.78. The van der Waals surface area contributed by atoms with Crippen LogP contribution in [-0.2, 0) is 0 Å². The summed E-state index contributed by atoms with van der Waals surface area (Å²) in [6, 6.07) is 0. The van der Waals surface area contributed by atoms with E-state index in [1.54, 1.807) is 4.90 Å². The van der Waals surface area contributed by atoms with Gasteiger partial charge in [0.1, 0.15) is 0 Å². The lowest BCUT2D eigenvalue weighted by atomic mass is 10.1. The molecule has 1 nitrogen and oxygen atoms in total. The molecular weight excluding hydrogens is 206 g/mol. The molecule has 0 aromatic heterocycles. The van der Waals surface area contributed by atoms with Crippen molar-refractivity contribution in [1.82, 2.24) is 0 Å². The average Bonchev–Trinajstić information content (AvgIpc) is 2.15. The Morgan fingerprint density at radius 2 is 1.07 bits per heavy atom. The largest absolute Gasteiger partial charge is 0.340 e. The highest BCUT2D eigenvalue weighted by atomic mass is 35.5. The number of nitrogens with one attached hydrogen (secondary N) is 1. The first-order valence-corrected chi connectivity index (χ1v) is 6.56. The van der Waals surface area contributed by atoms with E-state index in [9.17, 15) is 0 Å². The van der Waals surface area contributed by atoms with Gasteiger partial charge in [-0.25, -0.2) is 0 Å². The van der Waals surface area contributed by atoms with Crippen LogP contribution in [0.4, 0.5) is 0 Å². The van der Waals surface area contributed by atoms with Gasteiger partial charge in [-0.2, -0.15) is 0 Å². The van der Waals surface area contributed by atoms with Crippen LogP contribution >= 0.6 is 12.4 Å². The second kappa shape index (κ2) is 14.2. The molecule has 0 saturated heterocycles. The molecule has 0 aliphatic carbocycles. The molecule has 0 aliphatic heterocycles. The quantitative estimate of drug-likeness (QED) is 0.556. The van der Waals surface area contributed by atoms with Crippen molar-refractivity contribution in [3.8, 4) is 0 Å². The van der Waals surface area contributed by atoms with Gasteiger partial charge in [0.05, 0.1) is 20.6 Å². The molecule has 0 heterocycles. The number of hydrogen-bond donors (Lipinski definition) is 1. The van der Waals surface area contributed by atoms with Crippen molar-refractivity contribution in [2.75, 3.05) is 20.6 Å². The van der Waals surface area contributed by atoms with E-state index in [0.717, 1.165) is 0 Å². The summed E-state index contributed by atoms with van der Waals surface area (Å²) in [4.78, 5) is 1.59. The van der Waals surface area contributed by atoms with Gasteiger partial charge < -0.3 is 4.90 Å². The van der Waals surface area contributed by atoms with Gasteiger partial charge in [-0.1, -0.05) is 51.9 Å². The normalized spacial score (nSPS) is 10.4. The van der Waals surface area contributed by atoms with Gasteiger partial charge in [-0.3, -0.25) is 0 Å². The van der Waals surface area contributed by atoms with Gasteiger partial charge in [0.2, 0.25) is 0 Å². The summed E-state index contributed by atoms with van der Waals surface area (Å²) in [5.74, 6) is 0. The fourth-order valence-electron chi connectivity index (χ4n) is 1.79. The summed E-state index contributed by atoms with van der Waals surface area (Å²) in [6.07, 6.45) is 13.0. The number of quaternary nitrogens is 1. The Hall–Kier alpha value is 0.250. The number of halogens is 1. The second-order valence-corrected chi connectivity index (χ2v) is 4.79. The maximum Gasteiger partial charge on any atom is 0.0766 e. The molecule has 0 spiro atoms. The maximum atomic E-state index is 2.28. The summed E-state index contributed by atoms with van der Waals surface area (Å²) in [6.45, 7) is 3.62. The molecule has 0 rings (SSSR count). The summed E-state index contributed by atoms with van der Waals surface area (Å²) in [5, 5.41) is 0. The number of hydrogen-bond acceptors (Lipinski definition) is 0. The molecule has 0 fully saturated rings. The van der Waals surface area contributed by atoms with E-state index in [1.807, 2.05) is 0 Å². The highest BCUT2D eigenvalue weighted by molar-refractivity contribution is 5.85. The first kappa shape index (κ1) is 17.6. The van der Waals surface area contributed by atoms with Gasteiger partial charge in [-0.15, -0.1) is 12.4 Å². The van der Waals surface area contributed by atoms with Crippen molar-refractivity contribution in [1.29, 1.82) is 0 Å². The Balaban J connectivity index is 0. The van der Waals surface area contributed by atoms with E-state index in [4.69, 9.17) is 0 Å². The lowest BCUT2D eigenvalue weighted by molar-refractivity contribution is -0.858. The Kier molecular flexibility index (Phi) is 16.8. The third-order valence-electron chi connectivity index (χ3n) is 2.78. The fourth-order valence-corrected chi connectivity index (χ4v) is 1.79. The van der Waals surface area contributed by atoms with E-state index in [1.165, 1.54) is 64.3 Å². The standard InChI is InChI=1S/C13H29N.ClH/c1-4-5-6-7-8-9-10-11-12-13-14(2)3;/h4-13H2,1-3H3;1H/p+1. The lowest BCUT2D eigenvalue weighted by Crippen LogP contribution is -3.05. The predicted octanol–water partition coefficient (Wildman–Crippen LogP) is 3.08. The molecule has 0 atom stereocenters. The van der Waals surface area contributed by atoms with Gasteiger partial charge in [0.15, 0.2) is 0 Å². The third kappa shape index (κ3) is 16.9. The zero-order chi connectivity index (χ0) is 10.6. The molecule has 0 radical (unpaired) electrons. The van der Waals surface area contributed by atoms with E-state index in [-0.39, 0.29) is 12.4 Å². The van der Waals surface area contributed by atoms with Crippen molar-refractivity contribution in [3.05, 3.63) is 0 Å². The molecular formula is C13H31ClN+. The Morgan fingerprint density at radius 1 is 0.667 bits per heavy atom. The minimum atomic E-state index is 0. The monoisotopic (exact) mass is 236 g/mol. The topological polar surface area (TPSA) is 4.44 Å². The first-order valence-electron chi connectivity index (χ1n) is 6.56. The van der Waals surface area contributed by atoms with Crippen LogP contribution in [0, 0.1) is 0 Å². The molecule has 0 aliphatic rings. The average molecular weight is 237 g/mol. The van der Waals surface area contributed by atoms with Crippen LogP contribution in [0.25, 0.3) is 0 Å². The van der Waals surface area contributed by atoms with Crippen LogP contribution in [0.1, 0.15) is 64.7 Å². The predicted molar refractivity (Wildman–Crippen MR) is 72.2 cm³/mol. The highest BCUT2D eigenvalue weighted by Gasteiger charge is 1.94. The first-order chi connectivity index (χ1) is 6.77. The van der Waals surface area contributed by atoms with Gasteiger partial charge >= 0.3 is 0 Å². The molecule has 0 amide bonds. The van der Waals surface area contributed by atoms with E-state index in [0.29, 0.717) is 0 Å². The van der Waals surface area contributed by atoms with Crippen molar-refractivity contribution in [3.63, 3.8) is 0 Å². The van der Waals surface area contributed by atoms with Crippen LogP contribution < -0.4 is 4.90 Å². The molecule has 0 aromatic rings. The number of rotatable bonds is 10. The minimum Gasteiger partial charge on any atom is -0.340 e. The Morgan fingerprint density at radius 3 is 1.47 bits per heavy atom. The van der Waals surface area contributed by atoms with Crippen LogP contribution in [0.15, 0.2) is 0 Å². The van der Waals surface area contributed by atoms with Crippen LogP contribution in [-0.4, -0.2) is 20.6 Å². The second-order valence-electron chi connectivity index (χ2n) is 4.79. The molecule has 1 N–H and O–H groups in total. The van der Waals surface area contributed by atoms with Crippen molar-refractivity contribution < 1.29 is 4.90 Å². The molecule has 0 aromatic carbocycles. The van der Waals surface area contributed by atoms with E-state index < -0.39 is 0 Å². The number of unbranched alkanes of at least 4 members (excludes halogenated alkanes) is 8. The smallest absolute Gasteiger partial charge is 0.0766 e. The van der Waals surface area contributed by atoms with E-state index in [2.05, 4.69) is 21.0 Å². The van der Waals surface area contributed by atoms with Crippen molar-refractivity contribution in [2.24, 2.45) is 0 Å². The van der Waals surface area contributed by atoms with Gasteiger partial charge in [0, 0.05) is 0 Å². The molecule has 0 saturated carbocycles. The fraction of sp³-hybridized carbons (Fsp3) is 1.00. The molecule has 0 bridgehead atoms. The van der Waals surface area contributed by atoms with Crippen LogP contribution in [0.2, 0.25) is 0 Å². The molecule has 15 heavy (non-hydrogen) atoms. The summed E-state index contributed by atoms with van der Waals surface area (Å²) >= 11 is 0. The zero-order valence-electron chi connectivity index (χ0n) is 11.0. The summed E-state index contributed by atoms with van der Waals surface area (Å²) in [7, 11) is 4.48. The lowest BCUT2D eigenvalue weighted by Gasteiger charge is -2.06. The molecule has 94 valence electrons. The Labute approximate surface area is 103 Å². The Bertz CT molecular complexity index is 105. The maximum absolute atomic E-state index is 2.28. The van der Waals surface area contributed by atoms with Gasteiger partial charge in [-0.05, 0) is 12.8 Å².